The van der Waals surface area contributed by atoms with Gasteiger partial charge >= 0.3 is 0 Å². The van der Waals surface area contributed by atoms with E-state index in [1.165, 1.54) is 0 Å². The summed E-state index contributed by atoms with van der Waals surface area (Å²) in [5.41, 5.74) is 1.62. The van der Waals surface area contributed by atoms with Crippen molar-refractivity contribution >= 4 is 31.9 Å². The predicted octanol–water partition coefficient (Wildman–Crippen LogP) is 4.22. The van der Waals surface area contributed by atoms with Gasteiger partial charge in [0.1, 0.15) is 0 Å². The zero-order chi connectivity index (χ0) is 13.0. The van der Waals surface area contributed by atoms with Gasteiger partial charge in [0.2, 0.25) is 0 Å². The summed E-state index contributed by atoms with van der Waals surface area (Å²) < 4.78 is 0.643. The van der Waals surface area contributed by atoms with Crippen LogP contribution < -0.4 is 0 Å². The standard InChI is InChI=1S/C14H10INO2/c15-13(11-7-3-1-4-8-11)14(16(17)18)12-9-5-2-6-10-12/h1-10H/b14-13+. The summed E-state index contributed by atoms with van der Waals surface area (Å²) in [5.74, 6) is 0. The van der Waals surface area contributed by atoms with E-state index in [0.717, 1.165) is 5.56 Å². The number of hydrogen-bond donors (Lipinski definition) is 0. The lowest BCUT2D eigenvalue weighted by atomic mass is 10.1. The summed E-state index contributed by atoms with van der Waals surface area (Å²) in [6.45, 7) is 0. The van der Waals surface area contributed by atoms with Gasteiger partial charge < -0.3 is 0 Å². The van der Waals surface area contributed by atoms with Crippen molar-refractivity contribution in [3.63, 3.8) is 0 Å². The van der Waals surface area contributed by atoms with E-state index in [1.54, 1.807) is 24.3 Å². The molecule has 0 spiro atoms. The van der Waals surface area contributed by atoms with E-state index < -0.39 is 0 Å². The lowest BCUT2D eigenvalue weighted by Crippen LogP contribution is -1.99. The average molecular weight is 351 g/mol. The largest absolute Gasteiger partial charge is 0.290 e. The lowest BCUT2D eigenvalue weighted by Gasteiger charge is -2.03. The highest BCUT2D eigenvalue weighted by Gasteiger charge is 2.20. The van der Waals surface area contributed by atoms with E-state index >= 15 is 0 Å². The van der Waals surface area contributed by atoms with Gasteiger partial charge in [-0.3, -0.25) is 10.1 Å². The van der Waals surface area contributed by atoms with Crippen molar-refractivity contribution in [2.75, 3.05) is 0 Å². The summed E-state index contributed by atoms with van der Waals surface area (Å²) in [6.07, 6.45) is 0. The highest BCUT2D eigenvalue weighted by atomic mass is 127. The predicted molar refractivity (Wildman–Crippen MR) is 80.7 cm³/mol. The highest BCUT2D eigenvalue weighted by molar-refractivity contribution is 14.1. The molecule has 0 aliphatic heterocycles. The normalized spacial score (nSPS) is 11.8. The molecule has 0 aliphatic carbocycles. The van der Waals surface area contributed by atoms with Crippen LogP contribution in [0, 0.1) is 10.1 Å². The Balaban J connectivity index is 2.58. The fourth-order valence-corrected chi connectivity index (χ4v) is 2.50. The summed E-state index contributed by atoms with van der Waals surface area (Å²) in [7, 11) is 0. The maximum absolute atomic E-state index is 11.3. The Kier molecular flexibility index (Phi) is 4.09. The second-order valence-electron chi connectivity index (χ2n) is 3.65. The van der Waals surface area contributed by atoms with Crippen LogP contribution in [0.5, 0.6) is 0 Å². The van der Waals surface area contributed by atoms with E-state index in [2.05, 4.69) is 0 Å². The maximum atomic E-state index is 11.3. The molecule has 2 rings (SSSR count). The number of hydrogen-bond acceptors (Lipinski definition) is 2. The second-order valence-corrected chi connectivity index (χ2v) is 4.73. The third kappa shape index (κ3) is 2.76. The molecular weight excluding hydrogens is 341 g/mol. The molecule has 0 aromatic heterocycles. The minimum atomic E-state index is -0.329. The first-order valence-electron chi connectivity index (χ1n) is 5.35. The van der Waals surface area contributed by atoms with Crippen LogP contribution in [0.4, 0.5) is 0 Å². The van der Waals surface area contributed by atoms with Gasteiger partial charge in [0.25, 0.3) is 5.70 Å². The first kappa shape index (κ1) is 12.8. The van der Waals surface area contributed by atoms with Gasteiger partial charge in [0.05, 0.1) is 14.1 Å². The smallest absolute Gasteiger partial charge is 0.258 e. The van der Waals surface area contributed by atoms with Crippen LogP contribution in [0.3, 0.4) is 0 Å². The van der Waals surface area contributed by atoms with Crippen molar-refractivity contribution in [1.29, 1.82) is 0 Å². The summed E-state index contributed by atoms with van der Waals surface area (Å²) >= 11 is 2.03. The molecule has 0 saturated carbocycles. The SMILES string of the molecule is O=[N+]([O-])/C(=C(/I)c1ccccc1)c1ccccc1. The molecule has 0 N–H and O–H groups in total. The van der Waals surface area contributed by atoms with Gasteiger partial charge in [-0.2, -0.15) is 0 Å². The molecule has 0 aliphatic rings. The Labute approximate surface area is 118 Å². The third-order valence-corrected chi connectivity index (χ3v) is 3.60. The zero-order valence-corrected chi connectivity index (χ0v) is 11.6. The van der Waals surface area contributed by atoms with E-state index in [0.29, 0.717) is 9.14 Å². The summed E-state index contributed by atoms with van der Waals surface area (Å²) in [5, 5.41) is 11.3. The molecule has 0 radical (unpaired) electrons. The maximum Gasteiger partial charge on any atom is 0.290 e. The van der Waals surface area contributed by atoms with Crippen molar-refractivity contribution in [3.8, 4) is 0 Å². The molecule has 0 fully saturated rings. The Morgan fingerprint density at radius 1 is 0.889 bits per heavy atom. The Morgan fingerprint density at radius 2 is 1.33 bits per heavy atom. The van der Waals surface area contributed by atoms with Crippen LogP contribution in [0.2, 0.25) is 0 Å². The molecule has 0 unspecified atom stereocenters. The highest BCUT2D eigenvalue weighted by Crippen LogP contribution is 2.31. The molecule has 3 nitrogen and oxygen atoms in total. The number of halogens is 1. The average Bonchev–Trinajstić information content (AvgIpc) is 2.40. The molecule has 0 heterocycles. The molecule has 0 saturated heterocycles. The van der Waals surface area contributed by atoms with Crippen LogP contribution in [-0.2, 0) is 0 Å². The van der Waals surface area contributed by atoms with Crippen LogP contribution in [0.1, 0.15) is 11.1 Å². The minimum Gasteiger partial charge on any atom is -0.258 e. The molecule has 18 heavy (non-hydrogen) atoms. The number of nitro groups is 1. The van der Waals surface area contributed by atoms with E-state index in [4.69, 9.17) is 0 Å². The van der Waals surface area contributed by atoms with Crippen molar-refractivity contribution in [3.05, 3.63) is 81.9 Å². The van der Waals surface area contributed by atoms with E-state index in [9.17, 15) is 10.1 Å². The third-order valence-electron chi connectivity index (χ3n) is 2.46. The number of nitrogens with zero attached hydrogens (tertiary/aromatic N) is 1. The summed E-state index contributed by atoms with van der Waals surface area (Å²) in [6, 6.07) is 18.3. The lowest BCUT2D eigenvalue weighted by molar-refractivity contribution is -0.374. The summed E-state index contributed by atoms with van der Waals surface area (Å²) in [4.78, 5) is 10.9. The molecule has 0 bridgehead atoms. The van der Waals surface area contributed by atoms with Crippen molar-refractivity contribution < 1.29 is 4.92 Å². The quantitative estimate of drug-likeness (QED) is 0.360. The van der Waals surface area contributed by atoms with Crippen LogP contribution >= 0.6 is 22.6 Å². The van der Waals surface area contributed by atoms with Gasteiger partial charge in [0.15, 0.2) is 0 Å². The van der Waals surface area contributed by atoms with Gasteiger partial charge in [-0.1, -0.05) is 48.5 Å². The van der Waals surface area contributed by atoms with E-state index in [-0.39, 0.29) is 10.6 Å². The topological polar surface area (TPSA) is 43.1 Å². The molecular formula is C14H10INO2. The molecule has 2 aromatic rings. The molecule has 2 aromatic carbocycles. The fourth-order valence-electron chi connectivity index (χ4n) is 1.63. The molecule has 4 heteroatoms. The van der Waals surface area contributed by atoms with Gasteiger partial charge in [-0.15, -0.1) is 0 Å². The first-order chi connectivity index (χ1) is 8.70. The van der Waals surface area contributed by atoms with E-state index in [1.807, 2.05) is 59.0 Å². The fraction of sp³-hybridized carbons (Fsp3) is 0. The van der Waals surface area contributed by atoms with Crippen LogP contribution in [0.15, 0.2) is 60.7 Å². The molecule has 0 atom stereocenters. The Hall–Kier alpha value is -1.69. The van der Waals surface area contributed by atoms with Gasteiger partial charge in [-0.05, 0) is 40.3 Å². The number of benzene rings is 2. The monoisotopic (exact) mass is 351 g/mol. The van der Waals surface area contributed by atoms with Crippen LogP contribution in [-0.4, -0.2) is 4.92 Å². The van der Waals surface area contributed by atoms with Crippen molar-refractivity contribution in [2.24, 2.45) is 0 Å². The Bertz CT molecular complexity index is 579. The van der Waals surface area contributed by atoms with Crippen molar-refractivity contribution in [1.82, 2.24) is 0 Å². The Morgan fingerprint density at radius 3 is 1.78 bits per heavy atom. The zero-order valence-electron chi connectivity index (χ0n) is 9.42. The van der Waals surface area contributed by atoms with Gasteiger partial charge in [-0.25, -0.2) is 0 Å². The van der Waals surface area contributed by atoms with Crippen molar-refractivity contribution in [2.45, 2.75) is 0 Å². The molecule has 0 amide bonds. The van der Waals surface area contributed by atoms with Gasteiger partial charge in [0, 0.05) is 0 Å². The van der Waals surface area contributed by atoms with Crippen LogP contribution in [0.25, 0.3) is 9.28 Å². The number of rotatable bonds is 3. The first-order valence-corrected chi connectivity index (χ1v) is 6.43. The molecule has 90 valence electrons. The second kappa shape index (κ2) is 5.77. The minimum absolute atomic E-state index is 0.141.